The fourth-order valence-corrected chi connectivity index (χ4v) is 4.99. The van der Waals surface area contributed by atoms with Crippen molar-refractivity contribution in [1.29, 1.82) is 0 Å². The second-order valence-corrected chi connectivity index (χ2v) is 14.5. The van der Waals surface area contributed by atoms with E-state index < -0.39 is 32.3 Å². The van der Waals surface area contributed by atoms with Crippen LogP contribution in [0.4, 0.5) is 0 Å². The quantitative estimate of drug-likeness (QED) is 0.167. The molecule has 47 heavy (non-hydrogen) atoms. The number of imidazole rings is 1. The van der Waals surface area contributed by atoms with E-state index >= 15 is 0 Å². The Balaban J connectivity index is 0.000000300. The van der Waals surface area contributed by atoms with Gasteiger partial charge in [0.1, 0.15) is 11.5 Å². The topological polar surface area (TPSA) is 56.2 Å². The predicted molar refractivity (Wildman–Crippen MR) is 190 cm³/mol. The number of benzene rings is 2. The molecule has 0 N–H and O–H groups in total. The largest absolute Gasteiger partial charge is 0.484 e. The Morgan fingerprint density at radius 3 is 2.13 bits per heavy atom. The Kier molecular flexibility index (Phi) is 6.80. The number of hydrogen-bond acceptors (Lipinski definition) is 4. The maximum absolute atomic E-state index is 8.86. The second-order valence-electron chi connectivity index (χ2n) is 14.5. The van der Waals surface area contributed by atoms with Crippen LogP contribution in [0.15, 0.2) is 65.3 Å². The van der Waals surface area contributed by atoms with Gasteiger partial charge in [-0.25, -0.2) is 4.98 Å². The average molecular weight is 816 g/mol. The molecule has 6 aromatic rings. The Bertz CT molecular complexity index is 2330. The summed E-state index contributed by atoms with van der Waals surface area (Å²) in [5.74, 6) is 0.874. The van der Waals surface area contributed by atoms with Gasteiger partial charge in [-0.3, -0.25) is 4.40 Å². The molecule has 4 aromatic heterocycles. The van der Waals surface area contributed by atoms with Crippen molar-refractivity contribution in [3.8, 4) is 22.5 Å². The van der Waals surface area contributed by atoms with Crippen LogP contribution >= 0.6 is 0 Å². The maximum atomic E-state index is 8.86. The zero-order valence-electron chi connectivity index (χ0n) is 39.3. The van der Waals surface area contributed by atoms with Crippen molar-refractivity contribution in [2.75, 3.05) is 0 Å². The molecule has 0 fully saturated rings. The average Bonchev–Trinajstić information content (AvgIpc) is 3.65. The molecule has 2 aromatic carbocycles. The summed E-state index contributed by atoms with van der Waals surface area (Å²) in [6, 6.07) is 18.9. The Morgan fingerprint density at radius 1 is 0.830 bits per heavy atom. The molecule has 5 nitrogen and oxygen atoms in total. The smallest absolute Gasteiger partial charge is 0.217 e. The van der Waals surface area contributed by atoms with E-state index in [2.05, 4.69) is 63.6 Å². The van der Waals surface area contributed by atoms with Crippen LogP contribution in [0.5, 0.6) is 0 Å². The van der Waals surface area contributed by atoms with Crippen LogP contribution in [0.1, 0.15) is 111 Å². The second kappa shape index (κ2) is 13.5. The first-order valence-corrected chi connectivity index (χ1v) is 15.2. The fraction of sp³-hybridized carbons (Fsp3) is 0.390. The molecule has 0 spiro atoms. The van der Waals surface area contributed by atoms with Crippen LogP contribution in [0.25, 0.3) is 39.3 Å². The Labute approximate surface area is 310 Å². The third-order valence-corrected chi connectivity index (χ3v) is 7.11. The summed E-state index contributed by atoms with van der Waals surface area (Å²) in [6.45, 7) is 11.0. The number of fused-ring (bicyclic) bond motifs is 3. The molecule has 1 radical (unpaired) electrons. The number of hydrogen-bond donors (Lipinski definition) is 0. The Hall–Kier alpha value is -3.60. The normalized spacial score (nSPS) is 16.7. The number of aromatic nitrogens is 4. The standard InChI is InChI=1S/C28H36N3O.C13H12N.Ir/c1-17-16-29-20(14-18(17)15-26(2,3)4)19-12-11-13-21-22(19)32-24-23(27(5,6)7)30-25(31(21)24)28(8,9)10;1-10-3-6-12(7-4-10)13-8-5-11(2)9-14-13;/h11,13-14,16H,15H2,1-10H3;3-6,8-9H,1-2H3;/q2*-1;/i1D3,15D2;1D3,2D3;. The molecule has 0 bridgehead atoms. The van der Waals surface area contributed by atoms with Crippen molar-refractivity contribution < 1.29 is 39.6 Å². The molecule has 4 heterocycles. The van der Waals surface area contributed by atoms with Crippen molar-refractivity contribution >= 4 is 16.8 Å². The van der Waals surface area contributed by atoms with Gasteiger partial charge in [-0.15, -0.1) is 53.6 Å². The van der Waals surface area contributed by atoms with Crippen LogP contribution in [0.3, 0.4) is 0 Å². The van der Waals surface area contributed by atoms with Gasteiger partial charge in [0.05, 0.1) is 5.58 Å². The zero-order valence-corrected chi connectivity index (χ0v) is 30.7. The molecule has 249 valence electrons. The third-order valence-electron chi connectivity index (χ3n) is 7.11. The van der Waals surface area contributed by atoms with Crippen molar-refractivity contribution in [1.82, 2.24) is 19.4 Å². The molecule has 0 saturated carbocycles. The van der Waals surface area contributed by atoms with Gasteiger partial charge in [0, 0.05) is 63.9 Å². The minimum Gasteiger partial charge on any atom is -0.484 e. The molecular formula is C41H48IrN4O-2. The van der Waals surface area contributed by atoms with Gasteiger partial charge in [0.25, 0.3) is 0 Å². The summed E-state index contributed by atoms with van der Waals surface area (Å²) in [4.78, 5) is 13.5. The maximum Gasteiger partial charge on any atom is 0.217 e. The van der Waals surface area contributed by atoms with E-state index in [9.17, 15) is 0 Å². The summed E-state index contributed by atoms with van der Waals surface area (Å²) < 4.78 is 93.9. The van der Waals surface area contributed by atoms with Crippen LogP contribution in [-0.4, -0.2) is 19.4 Å². The molecule has 6 rings (SSSR count). The van der Waals surface area contributed by atoms with Gasteiger partial charge in [0.2, 0.25) is 5.71 Å². The molecule has 0 amide bonds. The van der Waals surface area contributed by atoms with Crippen molar-refractivity contribution in [3.05, 3.63) is 107 Å². The van der Waals surface area contributed by atoms with Crippen molar-refractivity contribution in [3.63, 3.8) is 0 Å². The van der Waals surface area contributed by atoms with E-state index in [1.165, 1.54) is 30.6 Å². The third kappa shape index (κ3) is 8.11. The molecular weight excluding hydrogens is 757 g/mol. The first kappa shape index (κ1) is 23.7. The summed E-state index contributed by atoms with van der Waals surface area (Å²) in [5, 5.41) is 0. The predicted octanol–water partition coefficient (Wildman–Crippen LogP) is 10.6. The SMILES string of the molecule is [2H]C([2H])([2H])c1c[c-]c(-c2ccc(C([2H])([2H])[2H])cn2)cc1.[2H]C([2H])([2H])c1cnc(-c2[c-]ccc3c2oc2c(C(C)(C)C)nc(C(C)(C)C)n23)cc1C([2H])([2H])C(C)(C)C.[Ir]. The van der Waals surface area contributed by atoms with Crippen LogP contribution in [0.2, 0.25) is 0 Å². The van der Waals surface area contributed by atoms with Crippen LogP contribution < -0.4 is 0 Å². The van der Waals surface area contributed by atoms with Crippen molar-refractivity contribution in [2.24, 2.45) is 5.41 Å². The van der Waals surface area contributed by atoms with E-state index in [1.54, 1.807) is 45.0 Å². The summed E-state index contributed by atoms with van der Waals surface area (Å²) in [6.07, 6.45) is 0.640. The van der Waals surface area contributed by atoms with Gasteiger partial charge < -0.3 is 14.4 Å². The van der Waals surface area contributed by atoms with Gasteiger partial charge in [0.15, 0.2) is 0 Å². The van der Waals surface area contributed by atoms with E-state index in [0.717, 1.165) is 17.0 Å². The Morgan fingerprint density at radius 2 is 1.55 bits per heavy atom. The number of aryl methyl sites for hydroxylation is 3. The summed E-state index contributed by atoms with van der Waals surface area (Å²) in [5.41, 5.74) is 3.99. The molecule has 0 aliphatic carbocycles. The number of rotatable bonds is 3. The minimum atomic E-state index is -2.51. The molecule has 0 aliphatic heterocycles. The monoisotopic (exact) mass is 816 g/mol. The van der Waals surface area contributed by atoms with Crippen molar-refractivity contribution in [2.45, 2.75) is 100 Å². The molecule has 0 unspecified atom stereocenters. The van der Waals surface area contributed by atoms with Gasteiger partial charge in [-0.05, 0) is 48.0 Å². The summed E-state index contributed by atoms with van der Waals surface area (Å²) in [7, 11) is 0. The zero-order chi connectivity index (χ0) is 42.9. The minimum absolute atomic E-state index is 0. The van der Waals surface area contributed by atoms with E-state index in [4.69, 9.17) is 24.5 Å². The first-order chi connectivity index (χ1) is 25.8. The molecule has 0 atom stereocenters. The van der Waals surface area contributed by atoms with E-state index in [-0.39, 0.29) is 53.2 Å². The van der Waals surface area contributed by atoms with Crippen LogP contribution in [-0.2, 0) is 37.3 Å². The summed E-state index contributed by atoms with van der Waals surface area (Å²) >= 11 is 0. The van der Waals surface area contributed by atoms with Gasteiger partial charge in [-0.2, -0.15) is 0 Å². The number of pyridine rings is 2. The van der Waals surface area contributed by atoms with Crippen LogP contribution in [0, 0.1) is 38.1 Å². The van der Waals surface area contributed by atoms with Gasteiger partial charge in [-0.1, -0.05) is 98.5 Å². The fourth-order valence-electron chi connectivity index (χ4n) is 4.99. The molecule has 6 heteroatoms. The number of nitrogens with zero attached hydrogens (tertiary/aromatic N) is 4. The number of oxazole rings is 1. The first-order valence-electron chi connectivity index (χ1n) is 20.7. The van der Waals surface area contributed by atoms with E-state index in [0.29, 0.717) is 33.8 Å². The molecule has 0 aliphatic rings. The van der Waals surface area contributed by atoms with E-state index in [1.807, 2.05) is 10.5 Å². The van der Waals surface area contributed by atoms with Gasteiger partial charge >= 0.3 is 0 Å². The molecule has 0 saturated heterocycles.